The fourth-order valence-corrected chi connectivity index (χ4v) is 4.85. The molecule has 2 fully saturated rings. The number of phenolic OH excluding ortho intramolecular Hbond substituents is 1. The summed E-state index contributed by atoms with van der Waals surface area (Å²) in [6.45, 7) is 6.67. The predicted molar refractivity (Wildman–Crippen MR) is 113 cm³/mol. The Morgan fingerprint density at radius 1 is 1.31 bits per heavy atom. The molecule has 0 aliphatic carbocycles. The molecule has 1 aromatic carbocycles. The van der Waals surface area contributed by atoms with Gasteiger partial charge in [-0.2, -0.15) is 0 Å². The number of rotatable bonds is 4. The Balaban J connectivity index is 1.36. The highest BCUT2D eigenvalue weighted by atomic mass is 16.3. The topological polar surface area (TPSA) is 75.9 Å². The lowest BCUT2D eigenvalue weighted by atomic mass is 9.80. The van der Waals surface area contributed by atoms with E-state index in [4.69, 9.17) is 0 Å². The van der Waals surface area contributed by atoms with Crippen molar-refractivity contribution in [2.24, 2.45) is 5.92 Å². The summed E-state index contributed by atoms with van der Waals surface area (Å²) < 4.78 is 1.84. The zero-order chi connectivity index (χ0) is 20.0. The molecule has 3 atom stereocenters. The molecular weight excluding hydrogens is 362 g/mol. The van der Waals surface area contributed by atoms with E-state index in [1.807, 2.05) is 22.9 Å². The molecule has 4 heterocycles. The molecule has 29 heavy (non-hydrogen) atoms. The molecule has 0 unspecified atom stereocenters. The highest BCUT2D eigenvalue weighted by molar-refractivity contribution is 5.69. The summed E-state index contributed by atoms with van der Waals surface area (Å²) in [4.78, 5) is 13.2. The van der Waals surface area contributed by atoms with E-state index >= 15 is 0 Å². The number of nitrogens with one attached hydrogen (secondary N) is 1. The largest absolute Gasteiger partial charge is 0.507 e. The molecule has 0 spiro atoms. The van der Waals surface area contributed by atoms with Gasteiger partial charge in [0.1, 0.15) is 5.75 Å². The number of piperidine rings is 1. The first-order valence-electron chi connectivity index (χ1n) is 10.1. The van der Waals surface area contributed by atoms with E-state index in [0.29, 0.717) is 23.2 Å². The second kappa shape index (κ2) is 6.81. The van der Waals surface area contributed by atoms with Gasteiger partial charge in [-0.25, -0.2) is 4.98 Å². The van der Waals surface area contributed by atoms with E-state index in [1.165, 1.54) is 12.8 Å². The average Bonchev–Trinajstić information content (AvgIpc) is 3.35. The Morgan fingerprint density at radius 2 is 2.21 bits per heavy atom. The zero-order valence-electron chi connectivity index (χ0n) is 16.5. The van der Waals surface area contributed by atoms with E-state index < -0.39 is 0 Å². The maximum absolute atomic E-state index is 10.5. The van der Waals surface area contributed by atoms with Gasteiger partial charge < -0.3 is 15.0 Å². The van der Waals surface area contributed by atoms with E-state index in [1.54, 1.807) is 31.0 Å². The number of nitrogens with zero attached hydrogens (tertiary/aromatic N) is 4. The number of imidazole rings is 1. The maximum atomic E-state index is 10.5. The number of hydrogen-bond donors (Lipinski definition) is 2. The van der Waals surface area contributed by atoms with Crippen LogP contribution in [0.3, 0.4) is 0 Å². The standard InChI is InChI=1S/C23H25N5O/c1-15(16-9-17-5-6-23(2,11-16)27-17)20-12-26-21(13-25-20)19-4-3-18(10-22(19)29)28-8-7-24-14-28/h3-4,7-8,10,12-14,16-17,27,29H,1,5-6,9,11H2,2H3/t16-,17-,23+/m1/s1. The smallest absolute Gasteiger partial charge is 0.127 e. The number of fused-ring (bicyclic) bond motifs is 2. The van der Waals surface area contributed by atoms with Gasteiger partial charge in [0.2, 0.25) is 0 Å². The zero-order valence-corrected chi connectivity index (χ0v) is 16.5. The summed E-state index contributed by atoms with van der Waals surface area (Å²) in [6.07, 6.45) is 13.5. The van der Waals surface area contributed by atoms with Crippen molar-refractivity contribution in [3.05, 3.63) is 61.6 Å². The molecule has 2 saturated heterocycles. The highest BCUT2D eigenvalue weighted by Gasteiger charge is 2.42. The number of benzene rings is 1. The van der Waals surface area contributed by atoms with Crippen LogP contribution in [0.1, 0.15) is 38.3 Å². The minimum absolute atomic E-state index is 0.167. The molecule has 2 aliphatic heterocycles. The summed E-state index contributed by atoms with van der Waals surface area (Å²) >= 11 is 0. The van der Waals surface area contributed by atoms with Crippen molar-refractivity contribution in [3.63, 3.8) is 0 Å². The number of allylic oxidation sites excluding steroid dienone is 1. The van der Waals surface area contributed by atoms with Crippen LogP contribution in [0.15, 0.2) is 55.9 Å². The Morgan fingerprint density at radius 3 is 2.90 bits per heavy atom. The van der Waals surface area contributed by atoms with Crippen molar-refractivity contribution in [2.75, 3.05) is 0 Å². The summed E-state index contributed by atoms with van der Waals surface area (Å²) in [5.74, 6) is 0.608. The minimum atomic E-state index is 0.167. The van der Waals surface area contributed by atoms with Crippen LogP contribution in [0, 0.1) is 5.92 Å². The highest BCUT2D eigenvalue weighted by Crippen LogP contribution is 2.43. The minimum Gasteiger partial charge on any atom is -0.507 e. The molecular formula is C23H25N5O. The van der Waals surface area contributed by atoms with Crippen LogP contribution in [-0.2, 0) is 0 Å². The normalized spacial score (nSPS) is 25.8. The van der Waals surface area contributed by atoms with Crippen LogP contribution in [0.2, 0.25) is 0 Å². The van der Waals surface area contributed by atoms with Crippen LogP contribution >= 0.6 is 0 Å². The molecule has 148 valence electrons. The first-order valence-corrected chi connectivity index (χ1v) is 10.1. The third-order valence-corrected chi connectivity index (χ3v) is 6.40. The Bertz CT molecular complexity index is 1040. The van der Waals surface area contributed by atoms with Gasteiger partial charge in [-0.15, -0.1) is 0 Å². The molecule has 6 nitrogen and oxygen atoms in total. The van der Waals surface area contributed by atoms with Crippen molar-refractivity contribution in [2.45, 2.75) is 44.2 Å². The van der Waals surface area contributed by atoms with Crippen molar-refractivity contribution < 1.29 is 5.11 Å². The van der Waals surface area contributed by atoms with E-state index in [9.17, 15) is 5.11 Å². The summed E-state index contributed by atoms with van der Waals surface area (Å²) in [7, 11) is 0. The SMILES string of the molecule is C=C(c1cnc(-c2ccc(-n3ccnc3)cc2O)cn1)[C@@H]1C[C@H]2CC[C@@](C)(C1)N2. The molecule has 0 amide bonds. The van der Waals surface area contributed by atoms with Gasteiger partial charge in [-0.05, 0) is 56.2 Å². The summed E-state index contributed by atoms with van der Waals surface area (Å²) in [5, 5.41) is 14.2. The van der Waals surface area contributed by atoms with Gasteiger partial charge in [0.05, 0.1) is 35.8 Å². The number of hydrogen-bond acceptors (Lipinski definition) is 5. The Labute approximate surface area is 170 Å². The first kappa shape index (κ1) is 18.1. The van der Waals surface area contributed by atoms with E-state index in [2.05, 4.69) is 33.8 Å². The number of aromatic nitrogens is 4. The quantitative estimate of drug-likeness (QED) is 0.708. The Hall–Kier alpha value is -2.99. The summed E-state index contributed by atoms with van der Waals surface area (Å²) in [6, 6.07) is 6.08. The molecule has 2 aromatic heterocycles. The van der Waals surface area contributed by atoms with Gasteiger partial charge >= 0.3 is 0 Å². The van der Waals surface area contributed by atoms with Crippen LogP contribution in [0.4, 0.5) is 0 Å². The molecule has 3 aromatic rings. The van der Waals surface area contributed by atoms with E-state index in [-0.39, 0.29) is 11.3 Å². The monoisotopic (exact) mass is 387 g/mol. The molecule has 2 bridgehead atoms. The van der Waals surface area contributed by atoms with Crippen molar-refractivity contribution in [3.8, 4) is 22.7 Å². The molecule has 6 heteroatoms. The van der Waals surface area contributed by atoms with Gasteiger partial charge in [0.25, 0.3) is 0 Å². The van der Waals surface area contributed by atoms with Gasteiger partial charge in [0, 0.05) is 35.6 Å². The lowest BCUT2D eigenvalue weighted by molar-refractivity contribution is 0.261. The molecule has 0 saturated carbocycles. The van der Waals surface area contributed by atoms with Crippen molar-refractivity contribution >= 4 is 5.57 Å². The van der Waals surface area contributed by atoms with Crippen LogP contribution in [-0.4, -0.2) is 36.2 Å². The van der Waals surface area contributed by atoms with Crippen LogP contribution in [0.5, 0.6) is 5.75 Å². The van der Waals surface area contributed by atoms with Crippen LogP contribution in [0.25, 0.3) is 22.5 Å². The average molecular weight is 387 g/mol. The lowest BCUT2D eigenvalue weighted by Crippen LogP contribution is -2.47. The van der Waals surface area contributed by atoms with Gasteiger partial charge in [0.15, 0.2) is 0 Å². The second-order valence-corrected chi connectivity index (χ2v) is 8.56. The number of aromatic hydroxyl groups is 1. The third-order valence-electron chi connectivity index (χ3n) is 6.40. The predicted octanol–water partition coefficient (Wildman–Crippen LogP) is 3.97. The van der Waals surface area contributed by atoms with Gasteiger partial charge in [-0.1, -0.05) is 6.58 Å². The maximum Gasteiger partial charge on any atom is 0.127 e. The molecule has 5 rings (SSSR count). The van der Waals surface area contributed by atoms with Crippen molar-refractivity contribution in [1.82, 2.24) is 24.8 Å². The molecule has 2 aliphatic rings. The fourth-order valence-electron chi connectivity index (χ4n) is 4.85. The first-order chi connectivity index (χ1) is 14.0. The second-order valence-electron chi connectivity index (χ2n) is 8.56. The Kier molecular flexibility index (Phi) is 4.24. The molecule has 2 N–H and O–H groups in total. The summed E-state index contributed by atoms with van der Waals surface area (Å²) in [5.41, 5.74) is 4.30. The number of phenols is 1. The van der Waals surface area contributed by atoms with Crippen LogP contribution < -0.4 is 5.32 Å². The van der Waals surface area contributed by atoms with E-state index in [0.717, 1.165) is 29.8 Å². The molecule has 0 radical (unpaired) electrons. The fraction of sp³-hybridized carbons (Fsp3) is 0.348. The van der Waals surface area contributed by atoms with Crippen molar-refractivity contribution in [1.29, 1.82) is 0 Å². The lowest BCUT2D eigenvalue weighted by Gasteiger charge is -2.37. The third kappa shape index (κ3) is 3.34. The van der Waals surface area contributed by atoms with Gasteiger partial charge in [-0.3, -0.25) is 9.97 Å².